The Kier molecular flexibility index (Phi) is 41.3. The molecule has 1 atom stereocenters. The molecule has 0 N–H and O–H groups in total. The summed E-state index contributed by atoms with van der Waals surface area (Å²) in [4.78, 5) is 37.8. The maximum Gasteiger partial charge on any atom is 0.306 e. The topological polar surface area (TPSA) is 78.9 Å². The van der Waals surface area contributed by atoms with Crippen LogP contribution in [-0.2, 0) is 28.6 Å². The Morgan fingerprint density at radius 1 is 0.298 bits per heavy atom. The first kappa shape index (κ1) is 55.4. The molecule has 57 heavy (non-hydrogen) atoms. The first-order chi connectivity index (χ1) is 27.6. The minimum Gasteiger partial charge on any atom is -0.462 e. The highest BCUT2D eigenvalue weighted by Gasteiger charge is 2.19. The fourth-order valence-corrected chi connectivity index (χ4v) is 7.59. The second kappa shape index (κ2) is 42.5. The van der Waals surface area contributed by atoms with Gasteiger partial charge in [0.1, 0.15) is 13.2 Å². The minimum atomic E-state index is -0.762. The molecule has 6 nitrogen and oxygen atoms in total. The van der Waals surface area contributed by atoms with Crippen molar-refractivity contribution >= 4 is 17.9 Å². The molecule has 6 heteroatoms. The second-order valence-corrected chi connectivity index (χ2v) is 18.9. The molecule has 0 amide bonds. The van der Waals surface area contributed by atoms with E-state index in [9.17, 15) is 14.4 Å². The van der Waals surface area contributed by atoms with Crippen LogP contribution in [0.5, 0.6) is 0 Å². The van der Waals surface area contributed by atoms with E-state index in [0.29, 0.717) is 19.3 Å². The van der Waals surface area contributed by atoms with Crippen molar-refractivity contribution in [2.45, 2.75) is 279 Å². The maximum atomic E-state index is 12.7. The molecule has 0 bridgehead atoms. The predicted octanol–water partition coefficient (Wildman–Crippen LogP) is 16.0. The highest BCUT2D eigenvalue weighted by molar-refractivity contribution is 5.71. The molecule has 0 saturated carbocycles. The van der Waals surface area contributed by atoms with Gasteiger partial charge in [-0.3, -0.25) is 14.4 Å². The van der Waals surface area contributed by atoms with Crippen molar-refractivity contribution in [1.82, 2.24) is 0 Å². The fourth-order valence-electron chi connectivity index (χ4n) is 7.59. The number of esters is 3. The average Bonchev–Trinajstić information content (AvgIpc) is 3.16. The molecule has 0 aromatic carbocycles. The largest absolute Gasteiger partial charge is 0.462 e. The number of unbranched alkanes of at least 4 members (excludes halogenated alkanes) is 27. The molecule has 338 valence electrons. The first-order valence-electron chi connectivity index (χ1n) is 25.1. The van der Waals surface area contributed by atoms with Gasteiger partial charge in [0.2, 0.25) is 0 Å². The molecule has 0 aromatic heterocycles. The van der Waals surface area contributed by atoms with Crippen LogP contribution in [0.1, 0.15) is 273 Å². The summed E-state index contributed by atoms with van der Waals surface area (Å²) in [5.41, 5.74) is 0. The van der Waals surface area contributed by atoms with Crippen molar-refractivity contribution in [1.29, 1.82) is 0 Å². The Balaban J connectivity index is 4.28. The normalized spacial score (nSPS) is 12.2. The molecule has 0 aliphatic rings. The van der Waals surface area contributed by atoms with Crippen LogP contribution in [0, 0.1) is 17.8 Å². The molecule has 0 aromatic rings. The number of hydrogen-bond acceptors (Lipinski definition) is 6. The van der Waals surface area contributed by atoms with E-state index in [0.717, 1.165) is 75.5 Å². The minimum absolute atomic E-state index is 0.0655. The van der Waals surface area contributed by atoms with E-state index in [-0.39, 0.29) is 31.1 Å². The van der Waals surface area contributed by atoms with Gasteiger partial charge in [-0.05, 0) is 37.0 Å². The van der Waals surface area contributed by atoms with Crippen LogP contribution in [0.3, 0.4) is 0 Å². The molecular weight excluding hydrogens is 709 g/mol. The highest BCUT2D eigenvalue weighted by Crippen LogP contribution is 2.17. The van der Waals surface area contributed by atoms with Gasteiger partial charge < -0.3 is 14.2 Å². The summed E-state index contributed by atoms with van der Waals surface area (Å²) in [7, 11) is 0. The average molecular weight is 807 g/mol. The second-order valence-electron chi connectivity index (χ2n) is 18.9. The third-order valence-corrected chi connectivity index (χ3v) is 11.4. The zero-order valence-electron chi connectivity index (χ0n) is 39.1. The number of ether oxygens (including phenoxy) is 3. The van der Waals surface area contributed by atoms with Crippen LogP contribution in [0.4, 0.5) is 0 Å². The lowest BCUT2D eigenvalue weighted by atomic mass is 10.0. The Hall–Kier alpha value is -1.59. The molecule has 0 radical (unpaired) electrons. The van der Waals surface area contributed by atoms with Crippen LogP contribution in [0.25, 0.3) is 0 Å². The molecule has 0 heterocycles. The molecule has 0 aliphatic heterocycles. The molecule has 0 fully saturated rings. The summed E-state index contributed by atoms with van der Waals surface area (Å²) in [5, 5.41) is 0. The molecule has 0 saturated heterocycles. The van der Waals surface area contributed by atoms with Crippen LogP contribution in [0.2, 0.25) is 0 Å². The molecule has 0 spiro atoms. The summed E-state index contributed by atoms with van der Waals surface area (Å²) >= 11 is 0. The third kappa shape index (κ3) is 45.3. The summed E-state index contributed by atoms with van der Waals surface area (Å²) in [5.74, 6) is 1.57. The Labute approximate surface area is 355 Å². The van der Waals surface area contributed by atoms with Crippen LogP contribution < -0.4 is 0 Å². The molecule has 0 aliphatic carbocycles. The zero-order chi connectivity index (χ0) is 42.0. The number of carbonyl (C=O) groups excluding carboxylic acids is 3. The Morgan fingerprint density at radius 3 is 0.754 bits per heavy atom. The van der Waals surface area contributed by atoms with Crippen molar-refractivity contribution in [3.63, 3.8) is 0 Å². The number of carbonyl (C=O) groups is 3. The summed E-state index contributed by atoms with van der Waals surface area (Å²) in [6.07, 6.45) is 41.0. The quantitative estimate of drug-likeness (QED) is 0.0347. The van der Waals surface area contributed by atoms with Crippen LogP contribution in [0.15, 0.2) is 0 Å². The van der Waals surface area contributed by atoms with Crippen molar-refractivity contribution in [3.05, 3.63) is 0 Å². The van der Waals surface area contributed by atoms with Gasteiger partial charge in [-0.2, -0.15) is 0 Å². The van der Waals surface area contributed by atoms with Crippen molar-refractivity contribution in [3.8, 4) is 0 Å². The lowest BCUT2D eigenvalue weighted by Gasteiger charge is -2.18. The fraction of sp³-hybridized carbons (Fsp3) is 0.941. The third-order valence-electron chi connectivity index (χ3n) is 11.4. The van der Waals surface area contributed by atoms with Gasteiger partial charge >= 0.3 is 17.9 Å². The van der Waals surface area contributed by atoms with Crippen LogP contribution in [-0.4, -0.2) is 37.2 Å². The van der Waals surface area contributed by atoms with E-state index < -0.39 is 6.10 Å². The maximum absolute atomic E-state index is 12.7. The van der Waals surface area contributed by atoms with Gasteiger partial charge in [0.25, 0.3) is 0 Å². The van der Waals surface area contributed by atoms with E-state index in [1.54, 1.807) is 0 Å². The molecule has 0 rings (SSSR count). The smallest absolute Gasteiger partial charge is 0.306 e. The van der Waals surface area contributed by atoms with Gasteiger partial charge in [-0.1, -0.05) is 234 Å². The predicted molar refractivity (Wildman–Crippen MR) is 243 cm³/mol. The Morgan fingerprint density at radius 2 is 0.509 bits per heavy atom. The van der Waals surface area contributed by atoms with Gasteiger partial charge in [-0.15, -0.1) is 0 Å². The van der Waals surface area contributed by atoms with E-state index in [1.165, 1.54) is 154 Å². The lowest BCUT2D eigenvalue weighted by molar-refractivity contribution is -0.167. The molecular formula is C51H98O6. The SMILES string of the molecule is CC(C)CCCCCCCCCCCCCCCCC(=O)OC[C@@H](COC(=O)CCCCCCCCCC(C)C)OC(=O)CCCCCCCCCCCC(C)C. The van der Waals surface area contributed by atoms with Gasteiger partial charge in [0, 0.05) is 19.3 Å². The Bertz CT molecular complexity index is 883. The summed E-state index contributed by atoms with van der Waals surface area (Å²) in [6.45, 7) is 13.7. The summed E-state index contributed by atoms with van der Waals surface area (Å²) < 4.78 is 16.8. The van der Waals surface area contributed by atoms with Crippen molar-refractivity contribution in [2.75, 3.05) is 13.2 Å². The monoisotopic (exact) mass is 807 g/mol. The van der Waals surface area contributed by atoms with E-state index in [2.05, 4.69) is 41.5 Å². The number of hydrogen-bond donors (Lipinski definition) is 0. The summed E-state index contributed by atoms with van der Waals surface area (Å²) in [6, 6.07) is 0. The van der Waals surface area contributed by atoms with Crippen molar-refractivity contribution in [2.24, 2.45) is 17.8 Å². The van der Waals surface area contributed by atoms with Crippen LogP contribution >= 0.6 is 0 Å². The van der Waals surface area contributed by atoms with Gasteiger partial charge in [0.05, 0.1) is 0 Å². The zero-order valence-corrected chi connectivity index (χ0v) is 39.1. The lowest BCUT2D eigenvalue weighted by Crippen LogP contribution is -2.30. The van der Waals surface area contributed by atoms with E-state index in [4.69, 9.17) is 14.2 Å². The first-order valence-corrected chi connectivity index (χ1v) is 25.1. The number of rotatable bonds is 44. The van der Waals surface area contributed by atoms with Gasteiger partial charge in [-0.25, -0.2) is 0 Å². The van der Waals surface area contributed by atoms with Gasteiger partial charge in [0.15, 0.2) is 6.10 Å². The molecule has 0 unspecified atom stereocenters. The highest BCUT2D eigenvalue weighted by atomic mass is 16.6. The van der Waals surface area contributed by atoms with Crippen molar-refractivity contribution < 1.29 is 28.6 Å². The van der Waals surface area contributed by atoms with E-state index in [1.807, 2.05) is 0 Å². The standard InChI is InChI=1S/C51H98O6/c1-45(2)37-31-25-19-14-11-9-7-8-10-12-16-22-28-34-40-49(52)55-43-48(44-56-50(53)41-35-29-24-18-21-27-33-39-47(5)6)57-51(54)42-36-30-23-17-13-15-20-26-32-38-46(3)4/h45-48H,7-44H2,1-6H3/t48-/m0/s1. The van der Waals surface area contributed by atoms with E-state index >= 15 is 0 Å².